The monoisotopic (exact) mass is 292 g/mol. The molecule has 0 atom stereocenters. The Bertz CT molecular complexity index is 507. The summed E-state index contributed by atoms with van der Waals surface area (Å²) in [5, 5.41) is 5.70. The van der Waals surface area contributed by atoms with E-state index >= 15 is 0 Å². The first-order chi connectivity index (χ1) is 8.42. The topological polar surface area (TPSA) is 95.9 Å². The second kappa shape index (κ2) is 5.33. The van der Waals surface area contributed by atoms with Gasteiger partial charge in [-0.25, -0.2) is 0 Å². The minimum absolute atomic E-state index is 0.117. The van der Waals surface area contributed by atoms with Crippen LogP contribution in [-0.4, -0.2) is 43.1 Å². The molecule has 2 N–H and O–H groups in total. The van der Waals surface area contributed by atoms with Crippen LogP contribution in [0.3, 0.4) is 0 Å². The number of nitrogens with zero attached hydrogens (tertiary/aromatic N) is 1. The minimum Gasteiger partial charge on any atom is -0.350 e. The van der Waals surface area contributed by atoms with Gasteiger partial charge in [-0.1, -0.05) is 6.07 Å². The minimum atomic E-state index is -4.46. The predicted molar refractivity (Wildman–Crippen MR) is 64.2 cm³/mol. The van der Waals surface area contributed by atoms with Gasteiger partial charge in [-0.2, -0.15) is 17.8 Å². The van der Waals surface area contributed by atoms with Gasteiger partial charge < -0.3 is 5.32 Å². The van der Waals surface area contributed by atoms with Crippen LogP contribution in [0.1, 0.15) is 4.88 Å². The molecule has 0 spiro atoms. The molecule has 0 saturated carbocycles. The number of hydrogen-bond acceptors (Lipinski definition) is 6. The fourth-order valence-corrected chi connectivity index (χ4v) is 2.67. The van der Waals surface area contributed by atoms with Gasteiger partial charge in [0, 0.05) is 18.0 Å². The van der Waals surface area contributed by atoms with Crippen LogP contribution in [0.5, 0.6) is 0 Å². The predicted octanol–water partition coefficient (Wildman–Crippen LogP) is -0.175. The molecule has 9 heteroatoms. The van der Waals surface area contributed by atoms with E-state index in [4.69, 9.17) is 4.55 Å². The number of hydrogen-bond donors (Lipinski definition) is 2. The first kappa shape index (κ1) is 13.4. The second-order valence-electron chi connectivity index (χ2n) is 3.87. The molecule has 2 heterocycles. The molecule has 100 valence electrons. The molecule has 0 aliphatic carbocycles. The molecule has 1 saturated heterocycles. The Morgan fingerprint density at radius 2 is 2.33 bits per heavy atom. The molecule has 1 aromatic heterocycles. The molecule has 1 aliphatic rings. The highest BCUT2D eigenvalue weighted by Crippen LogP contribution is 2.12. The molecule has 0 bridgehead atoms. The van der Waals surface area contributed by atoms with E-state index in [0.29, 0.717) is 6.42 Å². The maximum Gasteiger partial charge on any atom is 0.413 e. The Balaban J connectivity index is 1.69. The third kappa shape index (κ3) is 4.03. The van der Waals surface area contributed by atoms with E-state index in [1.807, 2.05) is 17.5 Å². The van der Waals surface area contributed by atoms with Crippen molar-refractivity contribution in [1.29, 1.82) is 0 Å². The van der Waals surface area contributed by atoms with Crippen molar-refractivity contribution < 1.29 is 22.0 Å². The summed E-state index contributed by atoms with van der Waals surface area (Å²) in [6, 6.07) is 3.59. The smallest absolute Gasteiger partial charge is 0.350 e. The lowest BCUT2D eigenvalue weighted by Crippen LogP contribution is -2.59. The number of amides is 1. The first-order valence-electron chi connectivity index (χ1n) is 5.16. The highest BCUT2D eigenvalue weighted by molar-refractivity contribution is 7.80. The third-order valence-corrected chi connectivity index (χ3v) is 3.60. The number of carbonyl (C=O) groups excluding carboxylic acids is 1. The van der Waals surface area contributed by atoms with Gasteiger partial charge in [0.05, 0.1) is 12.5 Å². The van der Waals surface area contributed by atoms with Gasteiger partial charge in [-0.15, -0.1) is 11.3 Å². The quantitative estimate of drug-likeness (QED) is 0.731. The Kier molecular flexibility index (Phi) is 3.97. The molecule has 0 aromatic carbocycles. The van der Waals surface area contributed by atoms with Crippen molar-refractivity contribution in [1.82, 2.24) is 10.4 Å². The summed E-state index contributed by atoms with van der Waals surface area (Å²) < 4.78 is 33.4. The van der Waals surface area contributed by atoms with Crippen molar-refractivity contribution >= 4 is 27.6 Å². The molecule has 0 unspecified atom stereocenters. The lowest BCUT2D eigenvalue weighted by Gasteiger charge is -2.36. The molecule has 18 heavy (non-hydrogen) atoms. The Hall–Kier alpha value is -1.00. The highest BCUT2D eigenvalue weighted by Gasteiger charge is 2.31. The standard InChI is InChI=1S/C9H12N2O5S2/c12-9(4-8-2-1-3-17-8)10-7-5-11(6-7)16-18(13,14)15/h1-3,7H,4-6H2,(H,10,12)(H,13,14,15). The van der Waals surface area contributed by atoms with Gasteiger partial charge in [0.25, 0.3) is 0 Å². The van der Waals surface area contributed by atoms with Gasteiger partial charge in [0.2, 0.25) is 5.91 Å². The molecule has 2 rings (SSSR count). The van der Waals surface area contributed by atoms with Crippen molar-refractivity contribution in [2.24, 2.45) is 0 Å². The van der Waals surface area contributed by atoms with Crippen molar-refractivity contribution in [3.8, 4) is 0 Å². The van der Waals surface area contributed by atoms with E-state index in [1.165, 1.54) is 11.3 Å². The summed E-state index contributed by atoms with van der Waals surface area (Å²) in [6.07, 6.45) is 0.313. The van der Waals surface area contributed by atoms with Gasteiger partial charge in [0.1, 0.15) is 0 Å². The first-order valence-corrected chi connectivity index (χ1v) is 7.40. The van der Waals surface area contributed by atoms with E-state index in [1.54, 1.807) is 0 Å². The van der Waals surface area contributed by atoms with Crippen LogP contribution >= 0.6 is 11.3 Å². The zero-order chi connectivity index (χ0) is 13.2. The summed E-state index contributed by atoms with van der Waals surface area (Å²) >= 11 is 1.50. The summed E-state index contributed by atoms with van der Waals surface area (Å²) in [5.74, 6) is -0.117. The molecule has 1 aliphatic heterocycles. The van der Waals surface area contributed by atoms with Gasteiger partial charge >= 0.3 is 10.4 Å². The number of thiophene rings is 1. The van der Waals surface area contributed by atoms with E-state index < -0.39 is 10.4 Å². The van der Waals surface area contributed by atoms with Crippen LogP contribution in [0.25, 0.3) is 0 Å². The summed E-state index contributed by atoms with van der Waals surface area (Å²) in [5.41, 5.74) is 0. The fourth-order valence-electron chi connectivity index (χ4n) is 1.57. The third-order valence-electron chi connectivity index (χ3n) is 2.33. The van der Waals surface area contributed by atoms with Crippen molar-refractivity contribution in [3.63, 3.8) is 0 Å². The molecule has 1 fully saturated rings. The summed E-state index contributed by atoms with van der Waals surface area (Å²) in [4.78, 5) is 12.5. The van der Waals surface area contributed by atoms with Gasteiger partial charge in [-0.3, -0.25) is 9.35 Å². The molecule has 0 radical (unpaired) electrons. The lowest BCUT2D eigenvalue weighted by atomic mass is 10.1. The van der Waals surface area contributed by atoms with Crippen LogP contribution in [0.15, 0.2) is 17.5 Å². The highest BCUT2D eigenvalue weighted by atomic mass is 32.3. The van der Waals surface area contributed by atoms with Gasteiger partial charge in [-0.05, 0) is 11.4 Å². The maximum absolute atomic E-state index is 11.6. The van der Waals surface area contributed by atoms with Crippen LogP contribution in [0.2, 0.25) is 0 Å². The Morgan fingerprint density at radius 1 is 1.61 bits per heavy atom. The SMILES string of the molecule is O=C(Cc1cccs1)NC1CN(OS(=O)(=O)O)C1. The van der Waals surface area contributed by atoms with Crippen molar-refractivity contribution in [3.05, 3.63) is 22.4 Å². The number of nitrogens with one attached hydrogen (secondary N) is 1. The number of rotatable bonds is 5. The zero-order valence-electron chi connectivity index (χ0n) is 9.27. The van der Waals surface area contributed by atoms with E-state index in [9.17, 15) is 13.2 Å². The number of hydroxylamine groups is 2. The van der Waals surface area contributed by atoms with Crippen molar-refractivity contribution in [2.75, 3.05) is 13.1 Å². The average molecular weight is 292 g/mol. The molecular weight excluding hydrogens is 280 g/mol. The van der Waals surface area contributed by atoms with Crippen LogP contribution in [0.4, 0.5) is 0 Å². The normalized spacial score (nSPS) is 17.4. The Morgan fingerprint density at radius 3 is 2.89 bits per heavy atom. The molecule has 7 nitrogen and oxygen atoms in total. The zero-order valence-corrected chi connectivity index (χ0v) is 10.9. The van der Waals surface area contributed by atoms with E-state index in [2.05, 4.69) is 9.60 Å². The number of carbonyl (C=O) groups is 1. The Labute approximate surface area is 108 Å². The largest absolute Gasteiger partial charge is 0.413 e. The maximum atomic E-state index is 11.6. The lowest BCUT2D eigenvalue weighted by molar-refractivity contribution is -0.138. The van der Waals surface area contributed by atoms with Gasteiger partial charge in [0.15, 0.2) is 0 Å². The molecular formula is C9H12N2O5S2. The van der Waals surface area contributed by atoms with Crippen molar-refractivity contribution in [2.45, 2.75) is 12.5 Å². The van der Waals surface area contributed by atoms with Crippen LogP contribution in [0, 0.1) is 0 Å². The summed E-state index contributed by atoms with van der Waals surface area (Å²) in [7, 11) is -4.46. The molecule has 1 amide bonds. The van der Waals surface area contributed by atoms with E-state index in [-0.39, 0.29) is 25.0 Å². The summed E-state index contributed by atoms with van der Waals surface area (Å²) in [6.45, 7) is 0.464. The van der Waals surface area contributed by atoms with Crippen LogP contribution < -0.4 is 5.32 Å². The fraction of sp³-hybridized carbons (Fsp3) is 0.444. The average Bonchev–Trinajstić information content (AvgIpc) is 2.64. The van der Waals surface area contributed by atoms with E-state index in [0.717, 1.165) is 9.94 Å². The second-order valence-corrected chi connectivity index (χ2v) is 5.91. The molecule has 1 aromatic rings. The van der Waals surface area contributed by atoms with Crippen LogP contribution in [-0.2, 0) is 25.9 Å².